The molecule has 0 N–H and O–H groups in total. The molecule has 1 aromatic carbocycles. The second kappa shape index (κ2) is 8.22. The number of nitrogens with zero attached hydrogens (tertiary/aromatic N) is 4. The van der Waals surface area contributed by atoms with E-state index in [0.717, 1.165) is 35.4 Å². The van der Waals surface area contributed by atoms with E-state index in [9.17, 15) is 4.79 Å². The quantitative estimate of drug-likeness (QED) is 0.730. The number of carbonyl (C=O) groups is 1. The fourth-order valence-corrected chi connectivity index (χ4v) is 3.94. The molecule has 1 amide bonds. The third-order valence-electron chi connectivity index (χ3n) is 4.48. The highest BCUT2D eigenvalue weighted by Gasteiger charge is 2.30. The molecular weight excluding hydrogens is 372 g/mol. The Hall–Kier alpha value is -1.86. The highest BCUT2D eigenvalue weighted by atomic mass is 35.5. The van der Waals surface area contributed by atoms with E-state index in [1.165, 1.54) is 11.5 Å². The van der Waals surface area contributed by atoms with Gasteiger partial charge in [-0.05, 0) is 31.5 Å². The van der Waals surface area contributed by atoms with Gasteiger partial charge in [0.15, 0.2) is 0 Å². The Bertz CT molecular complexity index is 767. The number of anilines is 1. The first kappa shape index (κ1) is 18.9. The summed E-state index contributed by atoms with van der Waals surface area (Å²) in [6, 6.07) is 8.04. The van der Waals surface area contributed by atoms with Crippen molar-refractivity contribution in [3.8, 4) is 5.75 Å². The van der Waals surface area contributed by atoms with Crippen LogP contribution in [0.4, 0.5) is 5.13 Å². The molecule has 0 unspecified atom stereocenters. The largest absolute Gasteiger partial charge is 0.497 e. The van der Waals surface area contributed by atoms with Gasteiger partial charge in [-0.25, -0.2) is 4.98 Å². The van der Waals surface area contributed by atoms with Crippen LogP contribution in [0.1, 0.15) is 25.2 Å². The first-order valence-corrected chi connectivity index (χ1v) is 9.84. The van der Waals surface area contributed by atoms with Crippen molar-refractivity contribution >= 4 is 34.2 Å². The van der Waals surface area contributed by atoms with Gasteiger partial charge >= 0.3 is 0 Å². The fourth-order valence-electron chi connectivity index (χ4n) is 3.10. The van der Waals surface area contributed by atoms with Crippen LogP contribution in [-0.2, 0) is 11.2 Å². The number of rotatable bonds is 5. The molecule has 0 bridgehead atoms. The number of hydrogen-bond acceptors (Lipinski definition) is 6. The van der Waals surface area contributed by atoms with Gasteiger partial charge in [-0.2, -0.15) is 4.37 Å². The molecule has 1 aliphatic heterocycles. The molecule has 0 radical (unpaired) electrons. The molecule has 1 fully saturated rings. The van der Waals surface area contributed by atoms with Gasteiger partial charge in [0.1, 0.15) is 17.0 Å². The van der Waals surface area contributed by atoms with Crippen LogP contribution >= 0.6 is 23.1 Å². The number of methoxy groups -OCH3 is 1. The fraction of sp³-hybridized carbons (Fsp3) is 0.500. The second-order valence-electron chi connectivity index (χ2n) is 6.46. The van der Waals surface area contributed by atoms with E-state index in [0.29, 0.717) is 13.0 Å². The van der Waals surface area contributed by atoms with E-state index in [1.54, 1.807) is 14.0 Å². The molecule has 0 aliphatic carbocycles. The lowest BCUT2D eigenvalue weighted by atomic mass is 10.1. The molecule has 2 atom stereocenters. The van der Waals surface area contributed by atoms with Crippen LogP contribution in [0.3, 0.4) is 0 Å². The molecule has 6 nitrogen and oxygen atoms in total. The first-order chi connectivity index (χ1) is 12.5. The number of aromatic nitrogens is 2. The predicted octanol–water partition coefficient (Wildman–Crippen LogP) is 2.80. The van der Waals surface area contributed by atoms with Gasteiger partial charge in [-0.1, -0.05) is 12.1 Å². The van der Waals surface area contributed by atoms with Gasteiger partial charge in [-0.15, -0.1) is 11.6 Å². The van der Waals surface area contributed by atoms with Gasteiger partial charge in [0.05, 0.1) is 7.11 Å². The molecule has 26 heavy (non-hydrogen) atoms. The van der Waals surface area contributed by atoms with Gasteiger partial charge in [0.2, 0.25) is 11.0 Å². The van der Waals surface area contributed by atoms with Crippen molar-refractivity contribution in [2.24, 2.45) is 0 Å². The van der Waals surface area contributed by atoms with Crippen molar-refractivity contribution in [3.05, 3.63) is 35.7 Å². The van der Waals surface area contributed by atoms with Gasteiger partial charge in [-0.3, -0.25) is 4.79 Å². The van der Waals surface area contributed by atoms with Crippen molar-refractivity contribution < 1.29 is 9.53 Å². The smallest absolute Gasteiger partial charge is 0.240 e. The number of carbonyl (C=O) groups excluding carboxylic acids is 1. The summed E-state index contributed by atoms with van der Waals surface area (Å²) < 4.78 is 9.76. The molecule has 8 heteroatoms. The molecule has 0 spiro atoms. The number of ether oxygens (including phenoxy) is 1. The number of benzene rings is 1. The van der Waals surface area contributed by atoms with Crippen LogP contribution in [0.2, 0.25) is 0 Å². The Morgan fingerprint density at radius 3 is 2.96 bits per heavy atom. The number of hydrogen-bond donors (Lipinski definition) is 0. The van der Waals surface area contributed by atoms with Crippen molar-refractivity contribution in [1.82, 2.24) is 14.3 Å². The summed E-state index contributed by atoms with van der Waals surface area (Å²) in [5.74, 6) is 1.63. The third-order valence-corrected chi connectivity index (χ3v) is 5.48. The van der Waals surface area contributed by atoms with Crippen LogP contribution in [-0.4, -0.2) is 58.3 Å². The summed E-state index contributed by atoms with van der Waals surface area (Å²) in [7, 11) is 1.66. The van der Waals surface area contributed by atoms with Crippen molar-refractivity contribution in [3.63, 3.8) is 0 Å². The number of amides is 1. The Morgan fingerprint density at radius 1 is 1.46 bits per heavy atom. The Balaban J connectivity index is 1.64. The van der Waals surface area contributed by atoms with E-state index in [4.69, 9.17) is 16.3 Å². The van der Waals surface area contributed by atoms with Crippen molar-refractivity contribution in [2.45, 2.75) is 31.7 Å². The summed E-state index contributed by atoms with van der Waals surface area (Å²) >= 11 is 7.36. The van der Waals surface area contributed by atoms with E-state index in [2.05, 4.69) is 14.3 Å². The van der Waals surface area contributed by atoms with E-state index in [1.807, 2.05) is 36.1 Å². The van der Waals surface area contributed by atoms with E-state index >= 15 is 0 Å². The van der Waals surface area contributed by atoms with E-state index in [-0.39, 0.29) is 11.9 Å². The summed E-state index contributed by atoms with van der Waals surface area (Å²) in [6.07, 6.45) is 0.672. The number of alkyl halides is 1. The van der Waals surface area contributed by atoms with E-state index < -0.39 is 5.38 Å². The summed E-state index contributed by atoms with van der Waals surface area (Å²) in [4.78, 5) is 20.9. The van der Waals surface area contributed by atoms with Crippen LogP contribution in [0, 0.1) is 0 Å². The lowest BCUT2D eigenvalue weighted by molar-refractivity contribution is -0.132. The summed E-state index contributed by atoms with van der Waals surface area (Å²) in [5.41, 5.74) is 1.12. The van der Waals surface area contributed by atoms with Gasteiger partial charge in [0, 0.05) is 43.6 Å². The molecule has 2 heterocycles. The average Bonchev–Trinajstić information content (AvgIpc) is 3.09. The highest BCUT2D eigenvalue weighted by Crippen LogP contribution is 2.23. The number of halogens is 1. The average molecular weight is 395 g/mol. The van der Waals surface area contributed by atoms with Crippen molar-refractivity contribution in [1.29, 1.82) is 0 Å². The van der Waals surface area contributed by atoms with Crippen molar-refractivity contribution in [2.75, 3.05) is 31.6 Å². The van der Waals surface area contributed by atoms with Crippen LogP contribution < -0.4 is 9.64 Å². The molecule has 140 valence electrons. The lowest BCUT2D eigenvalue weighted by Gasteiger charge is -2.40. The zero-order chi connectivity index (χ0) is 18.7. The topological polar surface area (TPSA) is 58.6 Å². The maximum absolute atomic E-state index is 12.2. The predicted molar refractivity (Wildman–Crippen MR) is 104 cm³/mol. The monoisotopic (exact) mass is 394 g/mol. The standard InChI is InChI=1S/C18H23ClN4O2S/c1-12-11-22(7-8-23(12)17(24)13(2)19)18-20-16(21-26-18)10-14-5-4-6-15(9-14)25-3/h4-6,9,12-13H,7-8,10-11H2,1-3H3/t12-,13+/m0/s1. The maximum Gasteiger partial charge on any atom is 0.240 e. The molecule has 2 aromatic rings. The molecule has 0 saturated carbocycles. The Morgan fingerprint density at radius 2 is 2.27 bits per heavy atom. The SMILES string of the molecule is COc1cccc(Cc2nsc(N3CCN(C(=O)[C@@H](C)Cl)[C@@H](C)C3)n2)c1. The van der Waals surface area contributed by atoms with Gasteiger partial charge < -0.3 is 14.5 Å². The zero-order valence-electron chi connectivity index (χ0n) is 15.2. The highest BCUT2D eigenvalue weighted by molar-refractivity contribution is 7.09. The zero-order valence-corrected chi connectivity index (χ0v) is 16.8. The van der Waals surface area contributed by atoms with Crippen LogP contribution in [0.15, 0.2) is 24.3 Å². The summed E-state index contributed by atoms with van der Waals surface area (Å²) in [6.45, 7) is 5.90. The maximum atomic E-state index is 12.2. The molecule has 1 aromatic heterocycles. The molecule has 1 aliphatic rings. The third kappa shape index (κ3) is 4.27. The second-order valence-corrected chi connectivity index (χ2v) is 7.85. The lowest BCUT2D eigenvalue weighted by Crippen LogP contribution is -2.55. The molecular formula is C18H23ClN4O2S. The molecule has 1 saturated heterocycles. The Labute approximate surface area is 162 Å². The minimum absolute atomic E-state index is 0.00482. The molecule has 3 rings (SSSR count). The van der Waals surface area contributed by atoms with Crippen LogP contribution in [0.5, 0.6) is 5.75 Å². The summed E-state index contributed by atoms with van der Waals surface area (Å²) in [5, 5.41) is 0.417. The Kier molecular flexibility index (Phi) is 5.98. The number of piperazine rings is 1. The van der Waals surface area contributed by atoms with Gasteiger partial charge in [0.25, 0.3) is 0 Å². The first-order valence-electron chi connectivity index (χ1n) is 8.63. The van der Waals surface area contributed by atoms with Crippen LogP contribution in [0.25, 0.3) is 0 Å². The minimum Gasteiger partial charge on any atom is -0.497 e. The minimum atomic E-state index is -0.486. The normalized spacial score (nSPS) is 18.7.